The lowest BCUT2D eigenvalue weighted by Crippen LogP contribution is -2.25. The molecule has 1 N–H and O–H groups in total. The average Bonchev–Trinajstić information content (AvgIpc) is 2.72. The molecule has 1 aliphatic rings. The molecule has 0 fully saturated rings. The fourth-order valence-electron chi connectivity index (χ4n) is 2.26. The lowest BCUT2D eigenvalue weighted by atomic mass is 9.63. The minimum Gasteiger partial charge on any atom is -0.457 e. The van der Waals surface area contributed by atoms with Gasteiger partial charge in [-0.1, -0.05) is 24.3 Å². The summed E-state index contributed by atoms with van der Waals surface area (Å²) in [6, 6.07) is 15.6. The van der Waals surface area contributed by atoms with Crippen molar-refractivity contribution in [2.24, 2.45) is 0 Å². The smallest absolute Gasteiger partial charge is 0.324 e. The summed E-state index contributed by atoms with van der Waals surface area (Å²) in [7, 11) is 0. The minimum absolute atomic E-state index is 0.296. The van der Waals surface area contributed by atoms with Gasteiger partial charge in [0.1, 0.15) is 11.5 Å². The van der Waals surface area contributed by atoms with Crippen molar-refractivity contribution in [3.8, 4) is 11.5 Å². The van der Waals surface area contributed by atoms with E-state index >= 15 is 0 Å². The van der Waals surface area contributed by atoms with Crippen LogP contribution in [0.25, 0.3) is 0 Å². The average molecular weight is 224 g/mol. The molecular weight excluding hydrogens is 211 g/mol. The van der Waals surface area contributed by atoms with Crippen LogP contribution in [0.3, 0.4) is 0 Å². The van der Waals surface area contributed by atoms with Gasteiger partial charge >= 0.3 is 6.92 Å². The lowest BCUT2D eigenvalue weighted by Gasteiger charge is -2.07. The summed E-state index contributed by atoms with van der Waals surface area (Å²) in [5.41, 5.74) is 2.25. The summed E-state index contributed by atoms with van der Waals surface area (Å²) in [5.74, 6) is 1.68. The quantitative estimate of drug-likeness (QED) is 0.792. The van der Waals surface area contributed by atoms with E-state index in [4.69, 9.17) is 4.74 Å². The van der Waals surface area contributed by atoms with Crippen LogP contribution in [0, 0.1) is 0 Å². The Kier molecular flexibility index (Phi) is 2.61. The van der Waals surface area contributed by atoms with E-state index in [9.17, 15) is 5.02 Å². The highest BCUT2D eigenvalue weighted by molar-refractivity contribution is 6.68. The highest BCUT2D eigenvalue weighted by Gasteiger charge is 2.24. The molecule has 0 saturated carbocycles. The maximum Gasteiger partial charge on any atom is 0.324 e. The molecule has 1 aliphatic heterocycles. The van der Waals surface area contributed by atoms with Crippen molar-refractivity contribution in [2.75, 3.05) is 0 Å². The Bertz CT molecular complexity index is 525. The van der Waals surface area contributed by atoms with Crippen molar-refractivity contribution >= 4 is 12.4 Å². The molecule has 3 heteroatoms. The SMILES string of the molecule is OB1CCc2cc(Oc3ccccc3)ccc21. The molecule has 0 amide bonds. The minimum atomic E-state index is -0.296. The highest BCUT2D eigenvalue weighted by atomic mass is 16.5. The standard InChI is InChI=1S/C14H13BO2/c16-15-9-8-11-10-13(6-7-14(11)15)17-12-4-2-1-3-5-12/h1-7,10,16H,8-9H2. The van der Waals surface area contributed by atoms with E-state index in [1.165, 1.54) is 5.56 Å². The molecule has 0 radical (unpaired) electrons. The molecule has 3 rings (SSSR count). The monoisotopic (exact) mass is 224 g/mol. The fraction of sp³-hybridized carbons (Fsp3) is 0.143. The molecule has 0 aliphatic carbocycles. The number of benzene rings is 2. The van der Waals surface area contributed by atoms with Gasteiger partial charge in [0.15, 0.2) is 0 Å². The van der Waals surface area contributed by atoms with Crippen LogP contribution >= 0.6 is 0 Å². The van der Waals surface area contributed by atoms with Gasteiger partial charge in [-0.2, -0.15) is 0 Å². The molecule has 84 valence electrons. The molecular formula is C14H13BO2. The van der Waals surface area contributed by atoms with E-state index in [1.54, 1.807) is 0 Å². The largest absolute Gasteiger partial charge is 0.457 e. The molecule has 17 heavy (non-hydrogen) atoms. The summed E-state index contributed by atoms with van der Waals surface area (Å²) >= 11 is 0. The van der Waals surface area contributed by atoms with Crippen LogP contribution in [-0.4, -0.2) is 11.9 Å². The highest BCUT2D eigenvalue weighted by Crippen LogP contribution is 2.24. The zero-order chi connectivity index (χ0) is 11.7. The van der Waals surface area contributed by atoms with E-state index in [1.807, 2.05) is 48.5 Å². The Morgan fingerprint density at radius 3 is 2.65 bits per heavy atom. The Morgan fingerprint density at radius 1 is 1.00 bits per heavy atom. The van der Waals surface area contributed by atoms with Gasteiger partial charge in [0.05, 0.1) is 0 Å². The van der Waals surface area contributed by atoms with E-state index in [0.717, 1.165) is 29.7 Å². The van der Waals surface area contributed by atoms with E-state index in [2.05, 4.69) is 0 Å². The first-order valence-electron chi connectivity index (χ1n) is 5.87. The van der Waals surface area contributed by atoms with Crippen LogP contribution in [0.2, 0.25) is 6.32 Å². The molecule has 0 unspecified atom stereocenters. The maximum atomic E-state index is 9.72. The third kappa shape index (κ3) is 2.06. The maximum absolute atomic E-state index is 9.72. The predicted molar refractivity (Wildman–Crippen MR) is 69.1 cm³/mol. The summed E-state index contributed by atoms with van der Waals surface area (Å²) < 4.78 is 5.76. The number of para-hydroxylation sites is 1. The number of hydrogen-bond acceptors (Lipinski definition) is 2. The molecule has 0 bridgehead atoms. The van der Waals surface area contributed by atoms with Crippen LogP contribution < -0.4 is 10.2 Å². The summed E-state index contributed by atoms with van der Waals surface area (Å²) in [6.07, 6.45) is 1.76. The molecule has 0 saturated heterocycles. The first-order chi connectivity index (χ1) is 8.33. The molecule has 1 heterocycles. The number of aryl methyl sites for hydroxylation is 1. The van der Waals surface area contributed by atoms with Crippen LogP contribution in [0.4, 0.5) is 0 Å². The van der Waals surface area contributed by atoms with E-state index in [-0.39, 0.29) is 6.92 Å². The molecule has 0 spiro atoms. The second-order valence-electron chi connectivity index (χ2n) is 4.33. The van der Waals surface area contributed by atoms with Gasteiger partial charge in [0.2, 0.25) is 0 Å². The second kappa shape index (κ2) is 4.26. The Morgan fingerprint density at radius 2 is 1.82 bits per heavy atom. The van der Waals surface area contributed by atoms with Gasteiger partial charge in [0.25, 0.3) is 0 Å². The summed E-state index contributed by atoms with van der Waals surface area (Å²) in [5, 5.41) is 9.72. The Hall–Kier alpha value is -1.74. The second-order valence-corrected chi connectivity index (χ2v) is 4.33. The lowest BCUT2D eigenvalue weighted by molar-refractivity contribution is 0.482. The van der Waals surface area contributed by atoms with Crippen molar-refractivity contribution in [1.82, 2.24) is 0 Å². The summed E-state index contributed by atoms with van der Waals surface area (Å²) in [6.45, 7) is -0.296. The van der Waals surface area contributed by atoms with Crippen molar-refractivity contribution in [2.45, 2.75) is 12.7 Å². The topological polar surface area (TPSA) is 29.5 Å². The fourth-order valence-corrected chi connectivity index (χ4v) is 2.26. The van der Waals surface area contributed by atoms with Crippen molar-refractivity contribution in [3.63, 3.8) is 0 Å². The van der Waals surface area contributed by atoms with Crippen LogP contribution in [-0.2, 0) is 6.42 Å². The van der Waals surface area contributed by atoms with Gasteiger partial charge in [-0.15, -0.1) is 0 Å². The Labute approximate surface area is 101 Å². The first-order valence-corrected chi connectivity index (χ1v) is 5.87. The van der Waals surface area contributed by atoms with Gasteiger partial charge in [-0.3, -0.25) is 0 Å². The number of fused-ring (bicyclic) bond motifs is 1. The molecule has 2 aromatic carbocycles. The van der Waals surface area contributed by atoms with Gasteiger partial charge in [-0.05, 0) is 48.0 Å². The van der Waals surface area contributed by atoms with E-state index in [0.29, 0.717) is 0 Å². The van der Waals surface area contributed by atoms with Gasteiger partial charge in [-0.25, -0.2) is 0 Å². The van der Waals surface area contributed by atoms with E-state index < -0.39 is 0 Å². The third-order valence-corrected chi connectivity index (χ3v) is 3.14. The number of rotatable bonds is 2. The van der Waals surface area contributed by atoms with Crippen molar-refractivity contribution < 1.29 is 9.76 Å². The molecule has 2 nitrogen and oxygen atoms in total. The normalized spacial score (nSPS) is 13.6. The van der Waals surface area contributed by atoms with Crippen LogP contribution in [0.5, 0.6) is 11.5 Å². The van der Waals surface area contributed by atoms with Crippen LogP contribution in [0.1, 0.15) is 5.56 Å². The van der Waals surface area contributed by atoms with Crippen molar-refractivity contribution in [1.29, 1.82) is 0 Å². The van der Waals surface area contributed by atoms with Gasteiger partial charge in [0, 0.05) is 0 Å². The predicted octanol–water partition coefficient (Wildman–Crippen LogP) is 2.23. The molecule has 0 atom stereocenters. The zero-order valence-electron chi connectivity index (χ0n) is 9.47. The number of ether oxygens (including phenoxy) is 1. The Balaban J connectivity index is 1.86. The van der Waals surface area contributed by atoms with Gasteiger partial charge < -0.3 is 9.76 Å². The third-order valence-electron chi connectivity index (χ3n) is 3.14. The first kappa shape index (κ1) is 10.4. The van der Waals surface area contributed by atoms with Crippen molar-refractivity contribution in [3.05, 3.63) is 54.1 Å². The van der Waals surface area contributed by atoms with Crippen LogP contribution in [0.15, 0.2) is 48.5 Å². The number of hydrogen-bond donors (Lipinski definition) is 1. The zero-order valence-corrected chi connectivity index (χ0v) is 9.47. The molecule has 0 aromatic heterocycles. The summed E-state index contributed by atoms with van der Waals surface area (Å²) in [4.78, 5) is 0. The molecule has 2 aromatic rings.